The fraction of sp³-hybridized carbons (Fsp3) is 0.593. The number of nitrogens with zero attached hydrogens (tertiary/aromatic N) is 6. The zero-order valence-electron chi connectivity index (χ0n) is 21.1. The monoisotopic (exact) mass is 492 g/mol. The topological polar surface area (TPSA) is 124 Å². The van der Waals surface area contributed by atoms with Gasteiger partial charge in [0.25, 0.3) is 5.91 Å². The molecule has 1 saturated carbocycles. The van der Waals surface area contributed by atoms with Crippen LogP contribution >= 0.6 is 0 Å². The Bertz CT molecular complexity index is 1060. The van der Waals surface area contributed by atoms with Crippen LogP contribution in [0.15, 0.2) is 35.4 Å². The van der Waals surface area contributed by atoms with Crippen LogP contribution in [-0.4, -0.2) is 58.0 Å². The maximum absolute atomic E-state index is 13.3. The van der Waals surface area contributed by atoms with Crippen LogP contribution < -0.4 is 4.74 Å². The summed E-state index contributed by atoms with van der Waals surface area (Å²) in [5.41, 5.74) is 11.6. The van der Waals surface area contributed by atoms with Gasteiger partial charge in [0.2, 0.25) is 0 Å². The molecule has 1 aromatic heterocycles. The Kier molecular flexibility index (Phi) is 9.14. The Labute approximate surface area is 212 Å². The second-order valence-electron chi connectivity index (χ2n) is 9.88. The number of hydrogen-bond acceptors (Lipinski definition) is 6. The van der Waals surface area contributed by atoms with Crippen molar-refractivity contribution >= 4 is 5.91 Å². The van der Waals surface area contributed by atoms with Crippen molar-refractivity contribution in [1.29, 1.82) is 0 Å². The standard InChI is InChI=1S/C27H36N6O3/c1-2-3-9-24-23(19-10-12-22(13-11-19)36-21-7-5-4-6-8-21)16-25(31-30-24)27(35)33-15-14-20(17-29-32-28)26(34)18-33/h10-13,16,20-21,26,34H,2-9,14-15,17-18H2,1H3/t20-,26-/m0/s1. The number of benzene rings is 1. The number of aryl methyl sites for hydroxylation is 1. The summed E-state index contributed by atoms with van der Waals surface area (Å²) in [4.78, 5) is 17.6. The first-order chi connectivity index (χ1) is 17.6. The van der Waals surface area contributed by atoms with Crippen LogP contribution in [0.5, 0.6) is 5.75 Å². The van der Waals surface area contributed by atoms with Gasteiger partial charge in [-0.25, -0.2) is 0 Å². The number of aliphatic hydroxyl groups excluding tert-OH is 1. The Hall–Kier alpha value is -3.16. The Morgan fingerprint density at radius 2 is 1.97 bits per heavy atom. The average Bonchev–Trinajstić information content (AvgIpc) is 2.92. The van der Waals surface area contributed by atoms with E-state index in [-0.39, 0.29) is 30.6 Å². The van der Waals surface area contributed by atoms with Crippen LogP contribution in [-0.2, 0) is 6.42 Å². The molecule has 1 amide bonds. The molecule has 0 bridgehead atoms. The number of hydrogen-bond donors (Lipinski definition) is 1. The van der Waals surface area contributed by atoms with E-state index in [2.05, 4.69) is 27.1 Å². The Morgan fingerprint density at radius 3 is 2.67 bits per heavy atom. The second-order valence-corrected chi connectivity index (χ2v) is 9.88. The number of amides is 1. The van der Waals surface area contributed by atoms with Crippen LogP contribution in [0, 0.1) is 5.92 Å². The van der Waals surface area contributed by atoms with Gasteiger partial charge in [0.05, 0.1) is 17.9 Å². The molecular weight excluding hydrogens is 456 g/mol. The number of azide groups is 1. The van der Waals surface area contributed by atoms with E-state index >= 15 is 0 Å². The number of ether oxygens (including phenoxy) is 1. The van der Waals surface area contributed by atoms with Crippen molar-refractivity contribution in [1.82, 2.24) is 15.1 Å². The minimum Gasteiger partial charge on any atom is -0.490 e. The average molecular weight is 493 g/mol. The number of piperidine rings is 1. The third-order valence-electron chi connectivity index (χ3n) is 7.26. The van der Waals surface area contributed by atoms with Crippen LogP contribution in [0.4, 0.5) is 0 Å². The third-order valence-corrected chi connectivity index (χ3v) is 7.26. The van der Waals surface area contributed by atoms with E-state index in [1.54, 1.807) is 4.90 Å². The molecule has 2 fully saturated rings. The summed E-state index contributed by atoms with van der Waals surface area (Å²) in [6.07, 6.45) is 8.92. The first-order valence-corrected chi connectivity index (χ1v) is 13.2. The van der Waals surface area contributed by atoms with Gasteiger partial charge in [0.1, 0.15) is 5.75 Å². The van der Waals surface area contributed by atoms with Gasteiger partial charge in [0.15, 0.2) is 5.69 Å². The van der Waals surface area contributed by atoms with Crippen molar-refractivity contribution in [3.63, 3.8) is 0 Å². The summed E-state index contributed by atoms with van der Waals surface area (Å²) in [6, 6.07) is 9.89. The number of unbranched alkanes of at least 4 members (excludes halogenated alkanes) is 1. The summed E-state index contributed by atoms with van der Waals surface area (Å²) in [7, 11) is 0. The van der Waals surface area contributed by atoms with Gasteiger partial charge in [-0.1, -0.05) is 37.0 Å². The molecule has 0 spiro atoms. The third kappa shape index (κ3) is 6.53. The summed E-state index contributed by atoms with van der Waals surface area (Å²) < 4.78 is 6.19. The SMILES string of the molecule is CCCCc1nnc(C(=O)N2CC[C@@H](CN=[N+]=[N-])[C@@H](O)C2)cc1-c1ccc(OC2CCCCC2)cc1. The van der Waals surface area contributed by atoms with Crippen molar-refractivity contribution in [2.24, 2.45) is 11.0 Å². The molecule has 4 rings (SSSR count). The molecule has 36 heavy (non-hydrogen) atoms. The second kappa shape index (κ2) is 12.7. The maximum atomic E-state index is 13.3. The number of aliphatic hydroxyl groups is 1. The van der Waals surface area contributed by atoms with Crippen molar-refractivity contribution in [2.75, 3.05) is 19.6 Å². The molecule has 2 heterocycles. The lowest BCUT2D eigenvalue weighted by molar-refractivity contribution is 0.0218. The highest BCUT2D eigenvalue weighted by Gasteiger charge is 2.31. The van der Waals surface area contributed by atoms with E-state index in [4.69, 9.17) is 10.3 Å². The predicted molar refractivity (Wildman–Crippen MR) is 138 cm³/mol. The minimum atomic E-state index is -0.735. The summed E-state index contributed by atoms with van der Waals surface area (Å²) >= 11 is 0. The van der Waals surface area contributed by atoms with Gasteiger partial charge in [0, 0.05) is 30.1 Å². The van der Waals surface area contributed by atoms with E-state index < -0.39 is 6.10 Å². The Morgan fingerprint density at radius 1 is 1.19 bits per heavy atom. The van der Waals surface area contributed by atoms with Gasteiger partial charge in [-0.3, -0.25) is 4.79 Å². The molecule has 2 aliphatic rings. The van der Waals surface area contributed by atoms with Crippen molar-refractivity contribution in [3.8, 4) is 16.9 Å². The molecule has 1 saturated heterocycles. The highest BCUT2D eigenvalue weighted by Crippen LogP contribution is 2.29. The van der Waals surface area contributed by atoms with Gasteiger partial charge in [-0.05, 0) is 80.2 Å². The smallest absolute Gasteiger partial charge is 0.274 e. The molecule has 0 unspecified atom stereocenters. The van der Waals surface area contributed by atoms with E-state index in [9.17, 15) is 9.90 Å². The summed E-state index contributed by atoms with van der Waals surface area (Å²) in [5.74, 6) is 0.485. The van der Waals surface area contributed by atoms with E-state index in [0.717, 1.165) is 54.7 Å². The number of likely N-dealkylation sites (tertiary alicyclic amines) is 1. The van der Waals surface area contributed by atoms with Gasteiger partial charge in [-0.15, -0.1) is 5.10 Å². The first-order valence-electron chi connectivity index (χ1n) is 13.2. The van der Waals surface area contributed by atoms with Crippen LogP contribution in [0.3, 0.4) is 0 Å². The molecule has 1 aliphatic carbocycles. The number of carbonyl (C=O) groups excluding carboxylic acids is 1. The fourth-order valence-corrected chi connectivity index (χ4v) is 5.07. The van der Waals surface area contributed by atoms with Gasteiger partial charge in [-0.2, -0.15) is 5.10 Å². The van der Waals surface area contributed by atoms with Crippen molar-refractivity contribution in [3.05, 3.63) is 52.2 Å². The molecule has 1 aromatic carbocycles. The van der Waals surface area contributed by atoms with E-state index in [1.165, 1.54) is 19.3 Å². The largest absolute Gasteiger partial charge is 0.490 e. The van der Waals surface area contributed by atoms with Crippen LogP contribution in [0.2, 0.25) is 0 Å². The molecule has 192 valence electrons. The van der Waals surface area contributed by atoms with Gasteiger partial charge >= 0.3 is 0 Å². The van der Waals surface area contributed by atoms with Gasteiger partial charge < -0.3 is 14.7 Å². The quantitative estimate of drug-likeness (QED) is 0.288. The zero-order chi connectivity index (χ0) is 25.3. The number of aromatic nitrogens is 2. The lowest BCUT2D eigenvalue weighted by atomic mass is 9.93. The molecule has 1 aliphatic heterocycles. The highest BCUT2D eigenvalue weighted by molar-refractivity contribution is 5.93. The zero-order valence-corrected chi connectivity index (χ0v) is 21.1. The van der Waals surface area contributed by atoms with Crippen molar-refractivity contribution in [2.45, 2.75) is 76.9 Å². The molecule has 2 aromatic rings. The van der Waals surface area contributed by atoms with Crippen molar-refractivity contribution < 1.29 is 14.6 Å². The first kappa shape index (κ1) is 25.9. The summed E-state index contributed by atoms with van der Waals surface area (Å²) in [6.45, 7) is 3.03. The highest BCUT2D eigenvalue weighted by atomic mass is 16.5. The fourth-order valence-electron chi connectivity index (χ4n) is 5.07. The maximum Gasteiger partial charge on any atom is 0.274 e. The molecule has 9 heteroatoms. The number of β-amino-alcohol motifs (C(OH)–C–C–N with tert-alkyl or cyclic N) is 1. The molecular formula is C27H36N6O3. The lowest BCUT2D eigenvalue weighted by Crippen LogP contribution is -2.47. The van der Waals surface area contributed by atoms with Crippen LogP contribution in [0.25, 0.3) is 21.6 Å². The molecule has 1 N–H and O–H groups in total. The molecule has 0 radical (unpaired) electrons. The lowest BCUT2D eigenvalue weighted by Gasteiger charge is -2.35. The number of carbonyl (C=O) groups is 1. The van der Waals surface area contributed by atoms with Crippen LogP contribution in [0.1, 0.15) is 74.5 Å². The van der Waals surface area contributed by atoms with E-state index in [0.29, 0.717) is 19.1 Å². The molecule has 2 atom stereocenters. The summed E-state index contributed by atoms with van der Waals surface area (Å²) in [5, 5.41) is 22.8. The number of rotatable bonds is 9. The van der Waals surface area contributed by atoms with E-state index in [1.807, 2.05) is 30.3 Å². The predicted octanol–water partition coefficient (Wildman–Crippen LogP) is 5.33. The minimum absolute atomic E-state index is 0.141. The Balaban J connectivity index is 1.51. The normalized spacial score (nSPS) is 20.6. The molecule has 9 nitrogen and oxygen atoms in total.